The van der Waals surface area contributed by atoms with Crippen LogP contribution < -0.4 is 10.6 Å². The minimum Gasteiger partial charge on any atom is -0.381 e. The number of hydrogen-bond acceptors (Lipinski definition) is 3. The highest BCUT2D eigenvalue weighted by Crippen LogP contribution is 2.32. The van der Waals surface area contributed by atoms with Gasteiger partial charge in [0, 0.05) is 24.7 Å². The summed E-state index contributed by atoms with van der Waals surface area (Å²) in [6.07, 6.45) is 9.64. The average Bonchev–Trinajstić information content (AvgIpc) is 3.11. The lowest BCUT2D eigenvalue weighted by molar-refractivity contribution is 0.172. The average molecular weight is 266 g/mol. The molecular weight excluding hydrogens is 236 g/mol. The normalized spacial score (nSPS) is 41.5. The molecule has 2 N–H and O–H groups in total. The quantitative estimate of drug-likeness (QED) is 0.819. The molecule has 19 heavy (non-hydrogen) atoms. The van der Waals surface area contributed by atoms with Gasteiger partial charge in [0.05, 0.1) is 6.61 Å². The maximum Gasteiger partial charge on any atom is 0.0509 e. The first-order chi connectivity index (χ1) is 9.34. The summed E-state index contributed by atoms with van der Waals surface area (Å²) in [4.78, 5) is 0. The lowest BCUT2D eigenvalue weighted by atomic mass is 9.87. The molecule has 5 unspecified atom stereocenters. The van der Waals surface area contributed by atoms with Gasteiger partial charge in [0.15, 0.2) is 0 Å². The van der Waals surface area contributed by atoms with E-state index in [0.29, 0.717) is 6.04 Å². The SMILES string of the molecule is CC(NC1CCCC1C1CCCCN1)C1CCOC1. The number of rotatable bonds is 4. The molecule has 3 fully saturated rings. The van der Waals surface area contributed by atoms with E-state index >= 15 is 0 Å². The van der Waals surface area contributed by atoms with E-state index in [4.69, 9.17) is 4.74 Å². The summed E-state index contributed by atoms with van der Waals surface area (Å²) >= 11 is 0. The van der Waals surface area contributed by atoms with Crippen molar-refractivity contribution in [3.05, 3.63) is 0 Å². The van der Waals surface area contributed by atoms with Crippen molar-refractivity contribution in [1.29, 1.82) is 0 Å². The van der Waals surface area contributed by atoms with Gasteiger partial charge in [-0.2, -0.15) is 0 Å². The molecule has 0 aromatic heterocycles. The molecule has 0 aromatic carbocycles. The molecule has 2 heterocycles. The van der Waals surface area contributed by atoms with Crippen LogP contribution in [0, 0.1) is 11.8 Å². The van der Waals surface area contributed by atoms with Crippen molar-refractivity contribution >= 4 is 0 Å². The molecule has 2 saturated heterocycles. The molecule has 0 spiro atoms. The third kappa shape index (κ3) is 3.32. The molecule has 3 heteroatoms. The molecule has 0 bridgehead atoms. The molecule has 0 amide bonds. The maximum atomic E-state index is 5.53. The third-order valence-electron chi connectivity index (χ3n) is 5.58. The van der Waals surface area contributed by atoms with Crippen LogP contribution >= 0.6 is 0 Å². The second-order valence-corrected chi connectivity index (χ2v) is 6.84. The monoisotopic (exact) mass is 266 g/mol. The van der Waals surface area contributed by atoms with Crippen LogP contribution in [0.3, 0.4) is 0 Å². The largest absolute Gasteiger partial charge is 0.381 e. The number of hydrogen-bond donors (Lipinski definition) is 2. The van der Waals surface area contributed by atoms with Crippen LogP contribution in [0.15, 0.2) is 0 Å². The highest BCUT2D eigenvalue weighted by atomic mass is 16.5. The van der Waals surface area contributed by atoms with E-state index in [1.807, 2.05) is 0 Å². The van der Waals surface area contributed by atoms with Gasteiger partial charge in [0.1, 0.15) is 0 Å². The summed E-state index contributed by atoms with van der Waals surface area (Å²) in [6, 6.07) is 2.14. The standard InChI is InChI=1S/C16H30N2O/c1-12(13-8-10-19-11-13)18-16-7-4-5-14(16)15-6-2-3-9-17-15/h12-18H,2-11H2,1H3. The summed E-state index contributed by atoms with van der Waals surface area (Å²) in [6.45, 7) is 5.53. The predicted octanol–water partition coefficient (Wildman–Crippen LogP) is 2.31. The molecule has 5 atom stereocenters. The highest BCUT2D eigenvalue weighted by Gasteiger charge is 2.35. The van der Waals surface area contributed by atoms with E-state index in [9.17, 15) is 0 Å². The van der Waals surface area contributed by atoms with Crippen LogP contribution in [-0.2, 0) is 4.74 Å². The minimum atomic E-state index is 0.622. The Hall–Kier alpha value is -0.120. The van der Waals surface area contributed by atoms with E-state index in [-0.39, 0.29) is 0 Å². The van der Waals surface area contributed by atoms with Crippen molar-refractivity contribution in [1.82, 2.24) is 10.6 Å². The Kier molecular flexibility index (Phi) is 4.78. The van der Waals surface area contributed by atoms with Crippen LogP contribution in [0.1, 0.15) is 51.9 Å². The molecule has 1 aliphatic carbocycles. The topological polar surface area (TPSA) is 33.3 Å². The van der Waals surface area contributed by atoms with Gasteiger partial charge < -0.3 is 15.4 Å². The Morgan fingerprint density at radius 3 is 2.79 bits per heavy atom. The number of piperidine rings is 1. The van der Waals surface area contributed by atoms with E-state index in [2.05, 4.69) is 17.6 Å². The van der Waals surface area contributed by atoms with Crippen LogP contribution in [0.5, 0.6) is 0 Å². The Morgan fingerprint density at radius 2 is 2.05 bits per heavy atom. The first-order valence-electron chi connectivity index (χ1n) is 8.42. The molecular formula is C16H30N2O. The summed E-state index contributed by atoms with van der Waals surface area (Å²) in [5, 5.41) is 7.72. The van der Waals surface area contributed by atoms with Gasteiger partial charge in [-0.3, -0.25) is 0 Å². The van der Waals surface area contributed by atoms with Crippen molar-refractivity contribution in [2.75, 3.05) is 19.8 Å². The van der Waals surface area contributed by atoms with Gasteiger partial charge in [-0.05, 0) is 57.4 Å². The van der Waals surface area contributed by atoms with Gasteiger partial charge in [-0.25, -0.2) is 0 Å². The maximum absolute atomic E-state index is 5.53. The lowest BCUT2D eigenvalue weighted by Gasteiger charge is -2.35. The Balaban J connectivity index is 1.53. The lowest BCUT2D eigenvalue weighted by Crippen LogP contribution is -2.50. The first-order valence-corrected chi connectivity index (χ1v) is 8.42. The fourth-order valence-corrected chi connectivity index (χ4v) is 4.34. The van der Waals surface area contributed by atoms with Crippen molar-refractivity contribution in [3.8, 4) is 0 Å². The fourth-order valence-electron chi connectivity index (χ4n) is 4.34. The van der Waals surface area contributed by atoms with Crippen LogP contribution in [-0.4, -0.2) is 37.9 Å². The molecule has 1 saturated carbocycles. The van der Waals surface area contributed by atoms with E-state index < -0.39 is 0 Å². The smallest absolute Gasteiger partial charge is 0.0509 e. The molecule has 3 rings (SSSR count). The second-order valence-electron chi connectivity index (χ2n) is 6.84. The Labute approximate surface area is 117 Å². The summed E-state index contributed by atoms with van der Waals surface area (Å²) in [5.74, 6) is 1.60. The Morgan fingerprint density at radius 1 is 1.11 bits per heavy atom. The summed E-state index contributed by atoms with van der Waals surface area (Å²) in [7, 11) is 0. The van der Waals surface area contributed by atoms with Crippen LogP contribution in [0.4, 0.5) is 0 Å². The van der Waals surface area contributed by atoms with Crippen LogP contribution in [0.2, 0.25) is 0 Å². The second kappa shape index (κ2) is 6.55. The number of nitrogens with one attached hydrogen (secondary N) is 2. The van der Waals surface area contributed by atoms with Gasteiger partial charge in [0.25, 0.3) is 0 Å². The number of ether oxygens (including phenoxy) is 1. The summed E-state index contributed by atoms with van der Waals surface area (Å²) < 4.78 is 5.53. The van der Waals surface area contributed by atoms with E-state index in [1.54, 1.807) is 0 Å². The highest BCUT2D eigenvalue weighted by molar-refractivity contribution is 4.94. The predicted molar refractivity (Wildman–Crippen MR) is 78.3 cm³/mol. The van der Waals surface area contributed by atoms with Gasteiger partial charge in [-0.1, -0.05) is 12.8 Å². The zero-order chi connectivity index (χ0) is 13.1. The molecule has 0 aromatic rings. The molecule has 2 aliphatic heterocycles. The van der Waals surface area contributed by atoms with Gasteiger partial charge in [0.2, 0.25) is 0 Å². The molecule has 0 radical (unpaired) electrons. The zero-order valence-corrected chi connectivity index (χ0v) is 12.4. The minimum absolute atomic E-state index is 0.622. The third-order valence-corrected chi connectivity index (χ3v) is 5.58. The molecule has 3 aliphatic rings. The van der Waals surface area contributed by atoms with Crippen molar-refractivity contribution in [2.45, 2.75) is 70.0 Å². The molecule has 3 nitrogen and oxygen atoms in total. The Bertz CT molecular complexity index is 272. The van der Waals surface area contributed by atoms with Gasteiger partial charge in [-0.15, -0.1) is 0 Å². The van der Waals surface area contributed by atoms with E-state index in [0.717, 1.165) is 37.1 Å². The van der Waals surface area contributed by atoms with Crippen molar-refractivity contribution < 1.29 is 4.74 Å². The first kappa shape index (κ1) is 13.8. The van der Waals surface area contributed by atoms with Crippen molar-refractivity contribution in [2.24, 2.45) is 11.8 Å². The van der Waals surface area contributed by atoms with Crippen molar-refractivity contribution in [3.63, 3.8) is 0 Å². The fraction of sp³-hybridized carbons (Fsp3) is 1.00. The van der Waals surface area contributed by atoms with Gasteiger partial charge >= 0.3 is 0 Å². The van der Waals surface area contributed by atoms with E-state index in [1.165, 1.54) is 51.5 Å². The zero-order valence-electron chi connectivity index (χ0n) is 12.4. The molecule has 110 valence electrons. The summed E-state index contributed by atoms with van der Waals surface area (Å²) in [5.41, 5.74) is 0. The van der Waals surface area contributed by atoms with Crippen LogP contribution in [0.25, 0.3) is 0 Å².